The molecule has 3 aromatic rings. The largest absolute Gasteiger partial charge is 0.516 e. The van der Waals surface area contributed by atoms with Crippen molar-refractivity contribution in [3.8, 4) is 17.1 Å². The molecule has 18 heteroatoms. The van der Waals surface area contributed by atoms with Crippen molar-refractivity contribution in [2.24, 2.45) is 5.92 Å². The number of hydrogen-bond acceptors (Lipinski definition) is 11. The minimum Gasteiger partial charge on any atom is -0.480 e. The number of amides is 1. The van der Waals surface area contributed by atoms with Gasteiger partial charge in [0.2, 0.25) is 17.7 Å². The second kappa shape index (κ2) is 14.5. The van der Waals surface area contributed by atoms with E-state index in [-0.39, 0.29) is 23.1 Å². The molecule has 2 aliphatic heterocycles. The second-order valence-electron chi connectivity index (χ2n) is 11.4. The van der Waals surface area contributed by atoms with Crippen LogP contribution in [0.2, 0.25) is 0 Å². The Balaban J connectivity index is 1.50. The van der Waals surface area contributed by atoms with Gasteiger partial charge < -0.3 is 14.4 Å². The Labute approximate surface area is 268 Å². The Morgan fingerprint density at radius 3 is 2.51 bits per heavy atom. The van der Waals surface area contributed by atoms with E-state index in [9.17, 15) is 26.4 Å². The number of methoxy groups -OCH3 is 1. The molecule has 256 valence electrons. The quantitative estimate of drug-likeness (QED) is 0.153. The van der Waals surface area contributed by atoms with Crippen molar-refractivity contribution in [1.29, 1.82) is 0 Å². The van der Waals surface area contributed by atoms with E-state index in [1.54, 1.807) is 5.48 Å². The number of hydroxylamine groups is 1. The maximum atomic E-state index is 15.2. The predicted octanol–water partition coefficient (Wildman–Crippen LogP) is 3.83. The molecule has 2 saturated heterocycles. The minimum atomic E-state index is -5.81. The maximum Gasteiger partial charge on any atom is 0.516 e. The number of rotatable bonds is 11. The number of aromatic nitrogens is 3. The third-order valence-corrected chi connectivity index (χ3v) is 9.33. The average molecular weight is 686 g/mol. The molecule has 13 nitrogen and oxygen atoms in total. The molecule has 2 fully saturated rings. The molecular formula is C29H35F4N7O6S. The number of anilines is 2. The molecule has 0 unspecified atom stereocenters. The second-order valence-corrected chi connectivity index (χ2v) is 13.1. The molecule has 2 aromatic heterocycles. The summed E-state index contributed by atoms with van der Waals surface area (Å²) in [5.41, 5.74) is -3.26. The SMILES string of the molecule is COc1ncc(-c2nc(N3CCOCC3)nc3c(CN4CCC(CCCC(=O)NO)CC4)cc(F)cc23)cc1NS(=O)(=O)C(F)(F)F. The number of ether oxygens (including phenoxy) is 2. The molecule has 0 aliphatic carbocycles. The molecule has 0 atom stereocenters. The molecule has 0 bridgehead atoms. The lowest BCUT2D eigenvalue weighted by molar-refractivity contribution is -0.129. The lowest BCUT2D eigenvalue weighted by Crippen LogP contribution is -2.37. The van der Waals surface area contributed by atoms with E-state index in [1.165, 1.54) is 23.1 Å². The van der Waals surface area contributed by atoms with Gasteiger partial charge in [0, 0.05) is 43.2 Å². The topological polar surface area (TPSA) is 159 Å². The highest BCUT2D eigenvalue weighted by Crippen LogP contribution is 2.36. The Hall–Kier alpha value is -3.87. The number of halogens is 4. The van der Waals surface area contributed by atoms with Crippen molar-refractivity contribution in [1.82, 2.24) is 25.3 Å². The van der Waals surface area contributed by atoms with Crippen molar-refractivity contribution in [2.45, 2.75) is 44.2 Å². The number of fused-ring (bicyclic) bond motifs is 1. The first-order valence-corrected chi connectivity index (χ1v) is 16.5. The highest BCUT2D eigenvalue weighted by Gasteiger charge is 2.46. The highest BCUT2D eigenvalue weighted by atomic mass is 32.2. The fourth-order valence-corrected chi connectivity index (χ4v) is 6.35. The zero-order chi connectivity index (χ0) is 33.8. The summed E-state index contributed by atoms with van der Waals surface area (Å²) in [4.78, 5) is 28.9. The first kappa shape index (κ1) is 34.5. The fourth-order valence-electron chi connectivity index (χ4n) is 5.80. The number of pyridine rings is 1. The predicted molar refractivity (Wildman–Crippen MR) is 163 cm³/mol. The van der Waals surface area contributed by atoms with Crippen molar-refractivity contribution in [3.63, 3.8) is 0 Å². The summed E-state index contributed by atoms with van der Waals surface area (Å²) in [6.07, 6.45) is 4.77. The number of nitrogens with zero attached hydrogens (tertiary/aromatic N) is 5. The number of sulfonamides is 1. The summed E-state index contributed by atoms with van der Waals surface area (Å²) in [6, 6.07) is 3.74. The third kappa shape index (κ3) is 8.17. The smallest absolute Gasteiger partial charge is 0.480 e. The lowest BCUT2D eigenvalue weighted by atomic mass is 9.91. The van der Waals surface area contributed by atoms with Crippen molar-refractivity contribution < 1.29 is 45.5 Å². The van der Waals surface area contributed by atoms with Crippen LogP contribution in [0.25, 0.3) is 22.2 Å². The Kier molecular flexibility index (Phi) is 10.6. The van der Waals surface area contributed by atoms with Crippen molar-refractivity contribution in [2.75, 3.05) is 56.1 Å². The van der Waals surface area contributed by atoms with Crippen LogP contribution in [-0.4, -0.2) is 91.4 Å². The van der Waals surface area contributed by atoms with Gasteiger partial charge in [-0.25, -0.2) is 24.8 Å². The van der Waals surface area contributed by atoms with Gasteiger partial charge in [-0.2, -0.15) is 21.6 Å². The van der Waals surface area contributed by atoms with Crippen LogP contribution in [0.1, 0.15) is 37.7 Å². The Morgan fingerprint density at radius 1 is 1.13 bits per heavy atom. The van der Waals surface area contributed by atoms with Gasteiger partial charge in [0.1, 0.15) is 11.5 Å². The number of nitrogens with one attached hydrogen (secondary N) is 2. The van der Waals surface area contributed by atoms with E-state index in [1.807, 2.05) is 4.90 Å². The summed E-state index contributed by atoms with van der Waals surface area (Å²) in [7, 11) is -4.68. The number of carbonyl (C=O) groups excluding carboxylic acids is 1. The van der Waals surface area contributed by atoms with Crippen LogP contribution in [0.15, 0.2) is 24.4 Å². The molecule has 4 heterocycles. The average Bonchev–Trinajstić information content (AvgIpc) is 3.04. The van der Waals surface area contributed by atoms with Gasteiger partial charge in [-0.1, -0.05) is 0 Å². The molecule has 0 spiro atoms. The summed E-state index contributed by atoms with van der Waals surface area (Å²) < 4.78 is 90.8. The van der Waals surface area contributed by atoms with Crippen LogP contribution in [-0.2, 0) is 26.1 Å². The molecule has 0 radical (unpaired) electrons. The summed E-state index contributed by atoms with van der Waals surface area (Å²) in [6.45, 7) is 3.59. The third-order valence-electron chi connectivity index (χ3n) is 8.24. The molecule has 0 saturated carbocycles. The van der Waals surface area contributed by atoms with Gasteiger partial charge in [0.15, 0.2) is 0 Å². The Bertz CT molecular complexity index is 1700. The van der Waals surface area contributed by atoms with E-state index in [0.29, 0.717) is 62.2 Å². The van der Waals surface area contributed by atoms with Gasteiger partial charge >= 0.3 is 15.5 Å². The minimum absolute atomic E-state index is 0.111. The molecule has 5 rings (SSSR count). The van der Waals surface area contributed by atoms with Crippen LogP contribution in [0.5, 0.6) is 5.88 Å². The number of piperidine rings is 1. The van der Waals surface area contributed by atoms with E-state index >= 15 is 4.39 Å². The van der Waals surface area contributed by atoms with Crippen LogP contribution in [0.3, 0.4) is 0 Å². The van der Waals surface area contributed by atoms with Crippen LogP contribution in [0, 0.1) is 11.7 Å². The van der Waals surface area contributed by atoms with Gasteiger partial charge in [0.05, 0.1) is 31.5 Å². The van der Waals surface area contributed by atoms with E-state index < -0.39 is 38.8 Å². The standard InChI is InChI=1S/C29H35F4N7O6S/c1-45-27-23(38-47(43,44)29(31,32)33)14-19(16-34-27)25-22-15-21(30)13-20(26(22)36-28(35-25)40-9-11-46-12-10-40)17-39-7-5-18(6-8-39)3-2-4-24(41)37-42/h13-16,18,38,42H,2-12,17H2,1H3,(H,37,41). The number of likely N-dealkylation sites (tertiary alicyclic amines) is 1. The highest BCUT2D eigenvalue weighted by molar-refractivity contribution is 7.93. The molecular weight excluding hydrogens is 650 g/mol. The van der Waals surface area contributed by atoms with Gasteiger partial charge in [-0.05, 0) is 68.5 Å². The van der Waals surface area contributed by atoms with Crippen molar-refractivity contribution >= 4 is 38.5 Å². The van der Waals surface area contributed by atoms with Crippen molar-refractivity contribution in [3.05, 3.63) is 35.8 Å². The number of alkyl halides is 3. The number of carbonyl (C=O) groups is 1. The van der Waals surface area contributed by atoms with Gasteiger partial charge in [-0.3, -0.25) is 19.6 Å². The zero-order valence-corrected chi connectivity index (χ0v) is 26.3. The first-order chi connectivity index (χ1) is 22.4. The van der Waals surface area contributed by atoms with Gasteiger partial charge in [-0.15, -0.1) is 0 Å². The van der Waals surface area contributed by atoms with E-state index in [0.717, 1.165) is 45.5 Å². The molecule has 3 N–H and O–H groups in total. The molecule has 1 amide bonds. The summed E-state index contributed by atoms with van der Waals surface area (Å²) in [5, 5.41) is 8.96. The maximum absolute atomic E-state index is 15.2. The molecule has 47 heavy (non-hydrogen) atoms. The number of benzene rings is 1. The van der Waals surface area contributed by atoms with Gasteiger partial charge in [0.25, 0.3) is 0 Å². The molecule has 1 aromatic carbocycles. The summed E-state index contributed by atoms with van der Waals surface area (Å²) >= 11 is 0. The van der Waals surface area contributed by atoms with E-state index in [4.69, 9.17) is 19.7 Å². The summed E-state index contributed by atoms with van der Waals surface area (Å²) in [5.74, 6) is -0.686. The normalized spacial score (nSPS) is 16.8. The van der Waals surface area contributed by atoms with Crippen LogP contribution < -0.4 is 19.8 Å². The van der Waals surface area contributed by atoms with Crippen LogP contribution in [0.4, 0.5) is 29.2 Å². The van der Waals surface area contributed by atoms with E-state index in [2.05, 4.69) is 14.9 Å². The number of hydrogen-bond donors (Lipinski definition) is 3. The monoisotopic (exact) mass is 685 g/mol. The number of morpholine rings is 1. The lowest BCUT2D eigenvalue weighted by Gasteiger charge is -2.32. The van der Waals surface area contributed by atoms with Crippen LogP contribution >= 0.6 is 0 Å². The molecule has 2 aliphatic rings. The zero-order valence-electron chi connectivity index (χ0n) is 25.5. The Morgan fingerprint density at radius 2 is 1.85 bits per heavy atom. The fraction of sp³-hybridized carbons (Fsp3) is 0.517. The first-order valence-electron chi connectivity index (χ1n) is 15.0.